The van der Waals surface area contributed by atoms with Crippen LogP contribution in [0.2, 0.25) is 0 Å². The van der Waals surface area contributed by atoms with Crippen LogP contribution in [0.25, 0.3) is 0 Å². The summed E-state index contributed by atoms with van der Waals surface area (Å²) in [5.74, 6) is 1.04. The average Bonchev–Trinajstić information content (AvgIpc) is 2.56. The van der Waals surface area contributed by atoms with Crippen molar-refractivity contribution in [2.24, 2.45) is 5.92 Å². The van der Waals surface area contributed by atoms with Gasteiger partial charge in [-0.2, -0.15) is 0 Å². The Labute approximate surface area is 87.7 Å². The van der Waals surface area contributed by atoms with Crippen molar-refractivity contribution in [1.29, 1.82) is 0 Å². The van der Waals surface area contributed by atoms with Crippen molar-refractivity contribution >= 4 is 0 Å². The molecule has 1 heterocycles. The van der Waals surface area contributed by atoms with Crippen LogP contribution >= 0.6 is 0 Å². The van der Waals surface area contributed by atoms with Crippen LogP contribution in [-0.4, -0.2) is 11.6 Å². The highest BCUT2D eigenvalue weighted by Gasteiger charge is 2.45. The lowest BCUT2D eigenvalue weighted by atomic mass is 9.77. The maximum atomic E-state index is 4.01. The third-order valence-corrected chi connectivity index (χ3v) is 4.86. The van der Waals surface area contributed by atoms with E-state index >= 15 is 0 Å². The van der Waals surface area contributed by atoms with Crippen molar-refractivity contribution in [3.63, 3.8) is 0 Å². The standard InChI is InChI=1S/C13H23N/c1-4-8-13(9-5-1)10-11-6-2-3-7-12(11)14-13/h11-12,14H,1-10H2/t11-,12-/m1/s1. The number of hydrogen-bond donors (Lipinski definition) is 1. The molecule has 14 heavy (non-hydrogen) atoms. The lowest BCUT2D eigenvalue weighted by Gasteiger charge is -2.34. The van der Waals surface area contributed by atoms with Gasteiger partial charge < -0.3 is 5.32 Å². The van der Waals surface area contributed by atoms with Crippen LogP contribution in [0, 0.1) is 5.92 Å². The van der Waals surface area contributed by atoms with Crippen molar-refractivity contribution in [3.8, 4) is 0 Å². The summed E-state index contributed by atoms with van der Waals surface area (Å²) in [5.41, 5.74) is 0.609. The fraction of sp³-hybridized carbons (Fsp3) is 1.00. The highest BCUT2D eigenvalue weighted by molar-refractivity contribution is 5.04. The Morgan fingerprint density at radius 3 is 2.43 bits per heavy atom. The largest absolute Gasteiger partial charge is 0.308 e. The van der Waals surface area contributed by atoms with Crippen molar-refractivity contribution in [3.05, 3.63) is 0 Å². The maximum absolute atomic E-state index is 4.01. The highest BCUT2D eigenvalue weighted by atomic mass is 15.1. The Hall–Kier alpha value is -0.0400. The van der Waals surface area contributed by atoms with Gasteiger partial charge in [0.15, 0.2) is 0 Å². The minimum atomic E-state index is 0.609. The van der Waals surface area contributed by atoms with Crippen LogP contribution in [-0.2, 0) is 0 Å². The maximum Gasteiger partial charge on any atom is 0.0187 e. The van der Waals surface area contributed by atoms with E-state index in [1.54, 1.807) is 0 Å². The number of hydrogen-bond acceptors (Lipinski definition) is 1. The predicted molar refractivity (Wildman–Crippen MR) is 59.3 cm³/mol. The van der Waals surface area contributed by atoms with Crippen LogP contribution in [0.4, 0.5) is 0 Å². The molecule has 0 aromatic carbocycles. The van der Waals surface area contributed by atoms with E-state index < -0.39 is 0 Å². The predicted octanol–water partition coefficient (Wildman–Crippen LogP) is 3.24. The zero-order valence-corrected chi connectivity index (χ0v) is 9.23. The molecule has 2 saturated carbocycles. The number of rotatable bonds is 0. The molecule has 1 N–H and O–H groups in total. The monoisotopic (exact) mass is 193 g/mol. The molecule has 0 radical (unpaired) electrons. The van der Waals surface area contributed by atoms with E-state index in [1.165, 1.54) is 64.2 Å². The summed E-state index contributed by atoms with van der Waals surface area (Å²) in [4.78, 5) is 0. The quantitative estimate of drug-likeness (QED) is 0.623. The van der Waals surface area contributed by atoms with Gasteiger partial charge in [-0.15, -0.1) is 0 Å². The molecule has 2 aliphatic carbocycles. The summed E-state index contributed by atoms with van der Waals surface area (Å²) >= 11 is 0. The fourth-order valence-electron chi connectivity index (χ4n) is 4.17. The van der Waals surface area contributed by atoms with Crippen LogP contribution in [0.5, 0.6) is 0 Å². The van der Waals surface area contributed by atoms with E-state index in [4.69, 9.17) is 0 Å². The first-order valence-electron chi connectivity index (χ1n) is 6.66. The molecule has 1 heteroatoms. The Kier molecular flexibility index (Phi) is 2.31. The molecule has 0 aromatic rings. The van der Waals surface area contributed by atoms with Crippen LogP contribution in [0.1, 0.15) is 64.2 Å². The second-order valence-electron chi connectivity index (χ2n) is 5.84. The lowest BCUT2D eigenvalue weighted by Crippen LogP contribution is -2.44. The second kappa shape index (κ2) is 3.52. The van der Waals surface area contributed by atoms with Crippen LogP contribution in [0.15, 0.2) is 0 Å². The van der Waals surface area contributed by atoms with Crippen molar-refractivity contribution in [2.75, 3.05) is 0 Å². The van der Waals surface area contributed by atoms with E-state index in [-0.39, 0.29) is 0 Å². The normalized spacial score (nSPS) is 41.1. The first kappa shape index (κ1) is 9.21. The minimum Gasteiger partial charge on any atom is -0.308 e. The molecule has 3 fully saturated rings. The zero-order valence-electron chi connectivity index (χ0n) is 9.23. The zero-order chi connectivity index (χ0) is 9.43. The smallest absolute Gasteiger partial charge is 0.0187 e. The summed E-state index contributed by atoms with van der Waals surface area (Å²) in [6.07, 6.45) is 14.9. The summed E-state index contributed by atoms with van der Waals surface area (Å²) in [7, 11) is 0. The lowest BCUT2D eigenvalue weighted by molar-refractivity contribution is 0.251. The van der Waals surface area contributed by atoms with Crippen molar-refractivity contribution in [2.45, 2.75) is 75.8 Å². The molecule has 0 aromatic heterocycles. The molecule has 1 spiro atoms. The molecule has 80 valence electrons. The Morgan fingerprint density at radius 2 is 1.64 bits per heavy atom. The van der Waals surface area contributed by atoms with Gasteiger partial charge in [-0.1, -0.05) is 32.1 Å². The van der Waals surface area contributed by atoms with Gasteiger partial charge in [-0.25, -0.2) is 0 Å². The Balaban J connectivity index is 1.71. The van der Waals surface area contributed by atoms with Crippen molar-refractivity contribution in [1.82, 2.24) is 5.32 Å². The average molecular weight is 193 g/mol. The minimum absolute atomic E-state index is 0.609. The van der Waals surface area contributed by atoms with Gasteiger partial charge in [0.05, 0.1) is 0 Å². The van der Waals surface area contributed by atoms with Gasteiger partial charge >= 0.3 is 0 Å². The number of fused-ring (bicyclic) bond motifs is 1. The van der Waals surface area contributed by atoms with Gasteiger partial charge in [0.25, 0.3) is 0 Å². The summed E-state index contributed by atoms with van der Waals surface area (Å²) in [6.45, 7) is 0. The summed E-state index contributed by atoms with van der Waals surface area (Å²) < 4.78 is 0. The van der Waals surface area contributed by atoms with Crippen LogP contribution < -0.4 is 5.32 Å². The third kappa shape index (κ3) is 1.50. The molecular formula is C13H23N. The highest BCUT2D eigenvalue weighted by Crippen LogP contribution is 2.44. The van der Waals surface area contributed by atoms with Gasteiger partial charge in [0.1, 0.15) is 0 Å². The second-order valence-corrected chi connectivity index (χ2v) is 5.84. The molecule has 1 saturated heterocycles. The molecule has 0 bridgehead atoms. The fourth-order valence-corrected chi connectivity index (χ4v) is 4.17. The summed E-state index contributed by atoms with van der Waals surface area (Å²) in [6, 6.07) is 0.904. The van der Waals surface area contributed by atoms with E-state index in [0.29, 0.717) is 5.54 Å². The molecule has 0 unspecified atom stereocenters. The van der Waals surface area contributed by atoms with Gasteiger partial charge in [-0.3, -0.25) is 0 Å². The van der Waals surface area contributed by atoms with E-state index in [2.05, 4.69) is 5.32 Å². The SMILES string of the molecule is C1CCC2(CC1)C[C@H]1CCCC[C@H]1N2. The third-order valence-electron chi connectivity index (χ3n) is 4.86. The van der Waals surface area contributed by atoms with Gasteiger partial charge in [0, 0.05) is 11.6 Å². The molecule has 2 atom stereocenters. The van der Waals surface area contributed by atoms with E-state index in [9.17, 15) is 0 Å². The Bertz CT molecular complexity index is 189. The molecule has 0 amide bonds. The van der Waals surface area contributed by atoms with E-state index in [0.717, 1.165) is 12.0 Å². The number of nitrogens with one attached hydrogen (secondary N) is 1. The van der Waals surface area contributed by atoms with Gasteiger partial charge in [0.2, 0.25) is 0 Å². The summed E-state index contributed by atoms with van der Waals surface area (Å²) in [5, 5.41) is 4.01. The van der Waals surface area contributed by atoms with Crippen molar-refractivity contribution < 1.29 is 0 Å². The molecule has 1 aliphatic heterocycles. The first-order valence-corrected chi connectivity index (χ1v) is 6.66. The molecular weight excluding hydrogens is 170 g/mol. The van der Waals surface area contributed by atoms with Crippen LogP contribution in [0.3, 0.4) is 0 Å². The first-order chi connectivity index (χ1) is 6.88. The van der Waals surface area contributed by atoms with E-state index in [1.807, 2.05) is 0 Å². The topological polar surface area (TPSA) is 12.0 Å². The Morgan fingerprint density at radius 1 is 0.857 bits per heavy atom. The molecule has 1 nitrogen and oxygen atoms in total. The molecule has 3 aliphatic rings. The molecule has 3 rings (SSSR count). The van der Waals surface area contributed by atoms with Gasteiger partial charge in [-0.05, 0) is 38.0 Å².